The molecule has 0 amide bonds. The van der Waals surface area contributed by atoms with E-state index >= 15 is 0 Å². The molecule has 0 spiro atoms. The van der Waals surface area contributed by atoms with Gasteiger partial charge in [0.15, 0.2) is 0 Å². The number of carboxylic acids is 1. The second-order valence-corrected chi connectivity index (χ2v) is 4.10. The zero-order chi connectivity index (χ0) is 15.1. The van der Waals surface area contributed by atoms with Gasteiger partial charge >= 0.3 is 11.9 Å². The van der Waals surface area contributed by atoms with Crippen LogP contribution in [0.25, 0.3) is 0 Å². The SMILES string of the molecule is CCNCC.CCOC(=O)C(CC)CCCC(=O)O. The Labute approximate surface area is 116 Å². The zero-order valence-electron chi connectivity index (χ0n) is 12.7. The van der Waals surface area contributed by atoms with E-state index in [1.54, 1.807) is 6.92 Å². The van der Waals surface area contributed by atoms with Crippen LogP contribution in [0.1, 0.15) is 53.4 Å². The van der Waals surface area contributed by atoms with E-state index in [0.29, 0.717) is 25.9 Å². The minimum atomic E-state index is -0.816. The van der Waals surface area contributed by atoms with Gasteiger partial charge in [0.05, 0.1) is 12.5 Å². The highest BCUT2D eigenvalue weighted by Crippen LogP contribution is 2.14. The molecule has 0 rings (SSSR count). The predicted octanol–water partition coefficient (Wildman–Crippen LogP) is 2.45. The Hall–Kier alpha value is -1.10. The van der Waals surface area contributed by atoms with Crippen LogP contribution in [0.5, 0.6) is 0 Å². The summed E-state index contributed by atoms with van der Waals surface area (Å²) < 4.78 is 4.87. The second-order valence-electron chi connectivity index (χ2n) is 4.10. The van der Waals surface area contributed by atoms with Gasteiger partial charge in [-0.2, -0.15) is 0 Å². The van der Waals surface area contributed by atoms with Crippen LogP contribution in [0.3, 0.4) is 0 Å². The highest BCUT2D eigenvalue weighted by molar-refractivity contribution is 5.72. The molecule has 5 nitrogen and oxygen atoms in total. The molecule has 0 aliphatic carbocycles. The first-order valence-electron chi connectivity index (χ1n) is 7.12. The lowest BCUT2D eigenvalue weighted by Gasteiger charge is -2.12. The molecule has 0 aromatic rings. The van der Waals surface area contributed by atoms with Gasteiger partial charge in [0.2, 0.25) is 0 Å². The molecule has 0 aromatic carbocycles. The molecule has 0 saturated heterocycles. The summed E-state index contributed by atoms with van der Waals surface area (Å²) in [6.07, 6.45) is 1.96. The number of carbonyl (C=O) groups is 2. The Morgan fingerprint density at radius 3 is 2.05 bits per heavy atom. The predicted molar refractivity (Wildman–Crippen MR) is 76.1 cm³/mol. The normalized spacial score (nSPS) is 11.2. The van der Waals surface area contributed by atoms with E-state index in [-0.39, 0.29) is 18.3 Å². The lowest BCUT2D eigenvalue weighted by Crippen LogP contribution is -2.17. The summed E-state index contributed by atoms with van der Waals surface area (Å²) in [5.41, 5.74) is 0. The Morgan fingerprint density at radius 2 is 1.74 bits per heavy atom. The molecule has 0 aliphatic rings. The number of hydrogen-bond donors (Lipinski definition) is 2. The van der Waals surface area contributed by atoms with Crippen molar-refractivity contribution < 1.29 is 19.4 Å². The van der Waals surface area contributed by atoms with Crippen molar-refractivity contribution in [3.63, 3.8) is 0 Å². The van der Waals surface area contributed by atoms with E-state index in [4.69, 9.17) is 9.84 Å². The number of esters is 1. The largest absolute Gasteiger partial charge is 0.481 e. The summed E-state index contributed by atoms with van der Waals surface area (Å²) in [6.45, 7) is 10.4. The third kappa shape index (κ3) is 14.8. The van der Waals surface area contributed by atoms with Crippen LogP contribution in [0.4, 0.5) is 0 Å². The topological polar surface area (TPSA) is 75.6 Å². The Kier molecular flexibility index (Phi) is 15.9. The molecule has 1 atom stereocenters. The molecule has 0 aliphatic heterocycles. The van der Waals surface area contributed by atoms with Gasteiger partial charge in [-0.1, -0.05) is 20.8 Å². The maximum atomic E-state index is 11.3. The molecular weight excluding hydrogens is 246 g/mol. The quantitative estimate of drug-likeness (QED) is 0.632. The molecule has 0 bridgehead atoms. The van der Waals surface area contributed by atoms with E-state index < -0.39 is 5.97 Å². The van der Waals surface area contributed by atoms with Crippen LogP contribution in [0.15, 0.2) is 0 Å². The van der Waals surface area contributed by atoms with Crippen LogP contribution in [-0.4, -0.2) is 36.7 Å². The smallest absolute Gasteiger partial charge is 0.308 e. The number of carboxylic acid groups (broad SMARTS) is 1. The number of nitrogens with one attached hydrogen (secondary N) is 1. The minimum Gasteiger partial charge on any atom is -0.481 e. The zero-order valence-corrected chi connectivity index (χ0v) is 12.7. The van der Waals surface area contributed by atoms with Crippen molar-refractivity contribution in [2.75, 3.05) is 19.7 Å². The van der Waals surface area contributed by atoms with Gasteiger partial charge in [-0.25, -0.2) is 0 Å². The van der Waals surface area contributed by atoms with E-state index in [9.17, 15) is 9.59 Å². The van der Waals surface area contributed by atoms with Crippen molar-refractivity contribution in [3.8, 4) is 0 Å². The fourth-order valence-corrected chi connectivity index (χ4v) is 1.50. The van der Waals surface area contributed by atoms with Crippen molar-refractivity contribution >= 4 is 11.9 Å². The van der Waals surface area contributed by atoms with Gasteiger partial charge in [0.25, 0.3) is 0 Å². The van der Waals surface area contributed by atoms with Crippen LogP contribution in [0.2, 0.25) is 0 Å². The van der Waals surface area contributed by atoms with E-state index in [1.165, 1.54) is 0 Å². The summed E-state index contributed by atoms with van der Waals surface area (Å²) >= 11 is 0. The third-order valence-electron chi connectivity index (χ3n) is 2.56. The number of carbonyl (C=O) groups excluding carboxylic acids is 1. The first-order valence-corrected chi connectivity index (χ1v) is 7.12. The average molecular weight is 275 g/mol. The van der Waals surface area contributed by atoms with Crippen LogP contribution >= 0.6 is 0 Å². The number of aliphatic carboxylic acids is 1. The highest BCUT2D eigenvalue weighted by atomic mass is 16.5. The van der Waals surface area contributed by atoms with Crippen molar-refractivity contribution in [1.29, 1.82) is 0 Å². The second kappa shape index (κ2) is 15.0. The third-order valence-corrected chi connectivity index (χ3v) is 2.56. The van der Waals surface area contributed by atoms with E-state index in [1.807, 2.05) is 6.92 Å². The highest BCUT2D eigenvalue weighted by Gasteiger charge is 2.17. The molecule has 0 saturated carbocycles. The maximum Gasteiger partial charge on any atom is 0.308 e. The Balaban J connectivity index is 0. The van der Waals surface area contributed by atoms with E-state index in [2.05, 4.69) is 19.2 Å². The van der Waals surface area contributed by atoms with Crippen LogP contribution in [-0.2, 0) is 14.3 Å². The minimum absolute atomic E-state index is 0.121. The number of ether oxygens (including phenoxy) is 1. The Morgan fingerprint density at radius 1 is 1.16 bits per heavy atom. The van der Waals surface area contributed by atoms with Crippen molar-refractivity contribution in [3.05, 3.63) is 0 Å². The number of hydrogen-bond acceptors (Lipinski definition) is 4. The molecule has 0 aromatic heterocycles. The fourth-order valence-electron chi connectivity index (χ4n) is 1.50. The monoisotopic (exact) mass is 275 g/mol. The van der Waals surface area contributed by atoms with E-state index in [0.717, 1.165) is 13.1 Å². The first kappa shape index (κ1) is 20.2. The molecule has 0 radical (unpaired) electrons. The summed E-state index contributed by atoms with van der Waals surface area (Å²) in [7, 11) is 0. The standard InChI is InChI=1S/C10H18O4.C4H11N/c1-3-8(10(13)14-4-2)6-5-7-9(11)12;1-3-5-4-2/h8H,3-7H2,1-2H3,(H,11,12);5H,3-4H2,1-2H3. The average Bonchev–Trinajstić information content (AvgIpc) is 2.36. The Bertz CT molecular complexity index is 229. The lowest BCUT2D eigenvalue weighted by molar-refractivity contribution is -0.148. The molecule has 5 heteroatoms. The molecule has 19 heavy (non-hydrogen) atoms. The van der Waals surface area contributed by atoms with Gasteiger partial charge < -0.3 is 15.2 Å². The number of rotatable bonds is 9. The molecule has 0 fully saturated rings. The van der Waals surface area contributed by atoms with Gasteiger partial charge in [-0.3, -0.25) is 9.59 Å². The van der Waals surface area contributed by atoms with Crippen LogP contribution in [0, 0.1) is 5.92 Å². The summed E-state index contributed by atoms with van der Waals surface area (Å²) in [5, 5.41) is 11.5. The van der Waals surface area contributed by atoms with Crippen molar-refractivity contribution in [1.82, 2.24) is 5.32 Å². The van der Waals surface area contributed by atoms with Crippen LogP contribution < -0.4 is 5.32 Å². The van der Waals surface area contributed by atoms with Crippen molar-refractivity contribution in [2.45, 2.75) is 53.4 Å². The molecule has 2 N–H and O–H groups in total. The first-order chi connectivity index (χ1) is 9.03. The fraction of sp³-hybridized carbons (Fsp3) is 0.857. The summed E-state index contributed by atoms with van der Waals surface area (Å²) in [4.78, 5) is 21.5. The molecule has 0 heterocycles. The van der Waals surface area contributed by atoms with Gasteiger partial charge in [0, 0.05) is 6.42 Å². The van der Waals surface area contributed by atoms with Gasteiger partial charge in [-0.15, -0.1) is 0 Å². The van der Waals surface area contributed by atoms with Gasteiger partial charge in [0.1, 0.15) is 0 Å². The maximum absolute atomic E-state index is 11.3. The van der Waals surface area contributed by atoms with Crippen molar-refractivity contribution in [2.24, 2.45) is 5.92 Å². The summed E-state index contributed by atoms with van der Waals surface area (Å²) in [5.74, 6) is -1.17. The lowest BCUT2D eigenvalue weighted by atomic mass is 9.99. The van der Waals surface area contributed by atoms with Gasteiger partial charge in [-0.05, 0) is 39.3 Å². The summed E-state index contributed by atoms with van der Waals surface area (Å²) in [6, 6.07) is 0. The molecule has 114 valence electrons. The molecular formula is C14H29NO4. The molecule has 1 unspecified atom stereocenters.